The molecule has 0 saturated carbocycles. The quantitative estimate of drug-likeness (QED) is 0.294. The van der Waals surface area contributed by atoms with Crippen molar-refractivity contribution in [2.45, 2.75) is 25.9 Å². The fourth-order valence-electron chi connectivity index (χ4n) is 2.39. The van der Waals surface area contributed by atoms with Crippen LogP contribution in [0.4, 0.5) is 0 Å². The van der Waals surface area contributed by atoms with Crippen molar-refractivity contribution in [2.24, 2.45) is 4.99 Å². The first-order valence-corrected chi connectivity index (χ1v) is 8.57. The number of benzene rings is 1. The highest BCUT2D eigenvalue weighted by Crippen LogP contribution is 2.30. The third-order valence-electron chi connectivity index (χ3n) is 3.80. The Labute approximate surface area is 151 Å². The molecule has 0 aliphatic rings. The van der Waals surface area contributed by atoms with E-state index in [1.165, 1.54) is 0 Å². The van der Waals surface area contributed by atoms with Crippen LogP contribution in [0.25, 0.3) is 0 Å². The van der Waals surface area contributed by atoms with E-state index in [2.05, 4.69) is 21.8 Å². The second kappa shape index (κ2) is 11.4. The molecular formula is C19H31N3O3. The van der Waals surface area contributed by atoms with Crippen LogP contribution in [0.1, 0.15) is 31.4 Å². The van der Waals surface area contributed by atoms with Gasteiger partial charge in [0.25, 0.3) is 0 Å². The van der Waals surface area contributed by atoms with Crippen LogP contribution in [0.2, 0.25) is 0 Å². The van der Waals surface area contributed by atoms with Crippen molar-refractivity contribution in [1.82, 2.24) is 10.2 Å². The van der Waals surface area contributed by atoms with Gasteiger partial charge in [-0.3, -0.25) is 4.99 Å². The predicted molar refractivity (Wildman–Crippen MR) is 103 cm³/mol. The van der Waals surface area contributed by atoms with Crippen molar-refractivity contribution in [1.29, 1.82) is 0 Å². The largest absolute Gasteiger partial charge is 0.493 e. The van der Waals surface area contributed by atoms with E-state index in [1.807, 2.05) is 26.1 Å². The first-order chi connectivity index (χ1) is 12.1. The lowest BCUT2D eigenvalue weighted by molar-refractivity contribution is 0.186. The van der Waals surface area contributed by atoms with Crippen molar-refractivity contribution >= 4 is 5.96 Å². The Balaban J connectivity index is 2.78. The Morgan fingerprint density at radius 2 is 2.08 bits per heavy atom. The summed E-state index contributed by atoms with van der Waals surface area (Å²) in [5.41, 5.74) is 0.742. The van der Waals surface area contributed by atoms with E-state index in [4.69, 9.17) is 9.47 Å². The van der Waals surface area contributed by atoms with Gasteiger partial charge in [0.2, 0.25) is 0 Å². The van der Waals surface area contributed by atoms with Crippen LogP contribution in [0.5, 0.6) is 11.5 Å². The fraction of sp³-hybridized carbons (Fsp3) is 0.526. The number of guanidine groups is 1. The minimum absolute atomic E-state index is 0.267. The van der Waals surface area contributed by atoms with Crippen molar-refractivity contribution in [3.8, 4) is 11.5 Å². The Hall–Kier alpha value is -2.21. The van der Waals surface area contributed by atoms with Crippen molar-refractivity contribution in [3.05, 3.63) is 36.4 Å². The lowest BCUT2D eigenvalue weighted by Crippen LogP contribution is -2.39. The summed E-state index contributed by atoms with van der Waals surface area (Å²) in [6, 6.07) is 5.38. The highest BCUT2D eigenvalue weighted by atomic mass is 16.5. The Morgan fingerprint density at radius 3 is 2.68 bits per heavy atom. The first-order valence-electron chi connectivity index (χ1n) is 8.57. The Kier molecular flexibility index (Phi) is 9.47. The van der Waals surface area contributed by atoms with E-state index in [9.17, 15) is 5.11 Å². The highest BCUT2D eigenvalue weighted by molar-refractivity contribution is 5.79. The van der Waals surface area contributed by atoms with E-state index >= 15 is 0 Å². The molecule has 1 rings (SSSR count). The maximum atomic E-state index is 10.5. The van der Waals surface area contributed by atoms with Crippen LogP contribution < -0.4 is 14.8 Å². The summed E-state index contributed by atoms with van der Waals surface area (Å²) < 4.78 is 10.5. The van der Waals surface area contributed by atoms with Gasteiger partial charge in [-0.25, -0.2) is 0 Å². The molecule has 0 heterocycles. The summed E-state index contributed by atoms with van der Waals surface area (Å²) in [6.07, 6.45) is 3.19. The van der Waals surface area contributed by atoms with Gasteiger partial charge in [-0.05, 0) is 37.5 Å². The number of aliphatic hydroxyl groups is 1. The van der Waals surface area contributed by atoms with Crippen molar-refractivity contribution < 1.29 is 14.6 Å². The maximum absolute atomic E-state index is 10.5. The molecule has 1 aromatic rings. The molecule has 0 saturated heterocycles. The average molecular weight is 349 g/mol. The molecule has 0 radical (unpaired) electrons. The SMILES string of the molecule is C=CCCCN(C)C(=NCC(O)c1ccc(OC)c(OC)c1)NCC. The summed E-state index contributed by atoms with van der Waals surface area (Å²) in [5.74, 6) is 2.01. The standard InChI is InChI=1S/C19H31N3O3/c1-6-8-9-12-22(3)19(20-7-2)21-14-16(23)15-10-11-17(24-4)18(13-15)25-5/h6,10-11,13,16,23H,1,7-9,12,14H2,2-5H3,(H,20,21). The highest BCUT2D eigenvalue weighted by Gasteiger charge is 2.13. The molecule has 6 nitrogen and oxygen atoms in total. The number of methoxy groups -OCH3 is 2. The third kappa shape index (κ3) is 6.66. The monoisotopic (exact) mass is 349 g/mol. The van der Waals surface area contributed by atoms with E-state index in [0.717, 1.165) is 37.5 Å². The molecule has 0 aliphatic heterocycles. The lowest BCUT2D eigenvalue weighted by atomic mass is 10.1. The molecule has 6 heteroatoms. The van der Waals surface area contributed by atoms with Gasteiger partial charge in [0, 0.05) is 20.1 Å². The number of aliphatic hydroxyl groups excluding tert-OH is 1. The zero-order valence-electron chi connectivity index (χ0n) is 15.8. The summed E-state index contributed by atoms with van der Waals surface area (Å²) in [7, 11) is 5.16. The van der Waals surface area contributed by atoms with Crippen LogP contribution in [0.3, 0.4) is 0 Å². The number of nitrogens with zero attached hydrogens (tertiary/aromatic N) is 2. The molecule has 1 aromatic carbocycles. The smallest absolute Gasteiger partial charge is 0.193 e. The number of unbranched alkanes of at least 4 members (excludes halogenated alkanes) is 1. The molecule has 2 N–H and O–H groups in total. The Bertz CT molecular complexity index is 561. The number of allylic oxidation sites excluding steroid dienone is 1. The van der Waals surface area contributed by atoms with Crippen LogP contribution in [0, 0.1) is 0 Å². The molecule has 140 valence electrons. The lowest BCUT2D eigenvalue weighted by Gasteiger charge is -2.22. The molecule has 1 unspecified atom stereocenters. The topological polar surface area (TPSA) is 66.3 Å². The summed E-state index contributed by atoms with van der Waals surface area (Å²) in [5, 5.41) is 13.7. The molecule has 0 bridgehead atoms. The van der Waals surface area contributed by atoms with Gasteiger partial charge in [0.1, 0.15) is 0 Å². The summed E-state index contributed by atoms with van der Waals surface area (Å²) in [4.78, 5) is 6.61. The van der Waals surface area contributed by atoms with Gasteiger partial charge < -0.3 is 24.8 Å². The van der Waals surface area contributed by atoms with Gasteiger partial charge in [0.15, 0.2) is 17.5 Å². The minimum atomic E-state index is -0.713. The van der Waals surface area contributed by atoms with Crippen LogP contribution >= 0.6 is 0 Å². The van der Waals surface area contributed by atoms with Gasteiger partial charge in [0.05, 0.1) is 26.9 Å². The molecule has 0 fully saturated rings. The van der Waals surface area contributed by atoms with Gasteiger partial charge in [-0.15, -0.1) is 6.58 Å². The number of nitrogens with one attached hydrogen (secondary N) is 1. The molecule has 1 atom stereocenters. The molecule has 25 heavy (non-hydrogen) atoms. The van der Waals surface area contributed by atoms with E-state index in [-0.39, 0.29) is 6.54 Å². The molecule has 0 spiro atoms. The third-order valence-corrected chi connectivity index (χ3v) is 3.80. The number of hydrogen-bond donors (Lipinski definition) is 2. The maximum Gasteiger partial charge on any atom is 0.193 e. The predicted octanol–water partition coefficient (Wildman–Crippen LogP) is 2.60. The van der Waals surface area contributed by atoms with Gasteiger partial charge >= 0.3 is 0 Å². The minimum Gasteiger partial charge on any atom is -0.493 e. The second-order valence-corrected chi connectivity index (χ2v) is 5.68. The molecular weight excluding hydrogens is 318 g/mol. The number of aliphatic imine (C=N–C) groups is 1. The van der Waals surface area contributed by atoms with E-state index in [1.54, 1.807) is 26.4 Å². The molecule has 0 aromatic heterocycles. The van der Waals surface area contributed by atoms with Gasteiger partial charge in [-0.1, -0.05) is 12.1 Å². The van der Waals surface area contributed by atoms with E-state index in [0.29, 0.717) is 11.5 Å². The fourth-order valence-corrected chi connectivity index (χ4v) is 2.39. The normalized spacial score (nSPS) is 12.4. The number of rotatable bonds is 10. The Morgan fingerprint density at radius 1 is 1.36 bits per heavy atom. The van der Waals surface area contributed by atoms with Crippen LogP contribution in [-0.4, -0.2) is 56.9 Å². The van der Waals surface area contributed by atoms with E-state index < -0.39 is 6.10 Å². The number of ether oxygens (including phenoxy) is 2. The average Bonchev–Trinajstić information content (AvgIpc) is 2.64. The zero-order chi connectivity index (χ0) is 18.7. The zero-order valence-corrected chi connectivity index (χ0v) is 15.8. The number of hydrogen-bond acceptors (Lipinski definition) is 4. The molecule has 0 aliphatic carbocycles. The second-order valence-electron chi connectivity index (χ2n) is 5.68. The summed E-state index contributed by atoms with van der Waals surface area (Å²) >= 11 is 0. The van der Waals surface area contributed by atoms with Gasteiger partial charge in [-0.2, -0.15) is 0 Å². The van der Waals surface area contributed by atoms with Crippen LogP contribution in [-0.2, 0) is 0 Å². The van der Waals surface area contributed by atoms with Crippen LogP contribution in [0.15, 0.2) is 35.8 Å². The summed E-state index contributed by atoms with van der Waals surface area (Å²) in [6.45, 7) is 7.69. The van der Waals surface area contributed by atoms with Crippen molar-refractivity contribution in [3.63, 3.8) is 0 Å². The first kappa shape index (κ1) is 20.8. The van der Waals surface area contributed by atoms with Crippen molar-refractivity contribution in [2.75, 3.05) is 40.9 Å². The molecule has 0 amide bonds.